The Balaban J connectivity index is 1.38. The van der Waals surface area contributed by atoms with Crippen LogP contribution in [-0.2, 0) is 14.8 Å². The molecule has 0 atom stereocenters. The second-order valence-corrected chi connectivity index (χ2v) is 10.7. The first-order chi connectivity index (χ1) is 15.3. The molecule has 1 aliphatic rings. The summed E-state index contributed by atoms with van der Waals surface area (Å²) in [6, 6.07) is 13.4. The van der Waals surface area contributed by atoms with Gasteiger partial charge < -0.3 is 14.2 Å². The van der Waals surface area contributed by atoms with Gasteiger partial charge in [0.25, 0.3) is 10.0 Å². The van der Waals surface area contributed by atoms with Gasteiger partial charge in [-0.25, -0.2) is 13.2 Å². The third-order valence-corrected chi connectivity index (χ3v) is 7.42. The number of Topliss-reactive ketones (excluding diaryl/α,β-unsaturated/α-hetero) is 1. The fourth-order valence-corrected chi connectivity index (χ4v) is 5.21. The normalized spacial score (nSPS) is 12.8. The minimum atomic E-state index is -3.88. The number of ether oxygens (including phenoxy) is 3. The van der Waals surface area contributed by atoms with Crippen molar-refractivity contribution in [2.24, 2.45) is 0 Å². The molecule has 32 heavy (non-hydrogen) atoms. The SMILES string of the molecule is O=C(OCC(=O)c1ccc(Br)s1)c1ccc(NS(=O)(=O)c2ccc3c(c2)OCCO3)cc1. The summed E-state index contributed by atoms with van der Waals surface area (Å²) >= 11 is 4.53. The summed E-state index contributed by atoms with van der Waals surface area (Å²) in [5, 5.41) is 0. The first kappa shape index (κ1) is 22.3. The molecule has 0 radical (unpaired) electrons. The number of hydrogen-bond donors (Lipinski definition) is 1. The van der Waals surface area contributed by atoms with Crippen molar-refractivity contribution in [2.75, 3.05) is 24.5 Å². The average molecular weight is 538 g/mol. The molecule has 1 N–H and O–H groups in total. The number of thiophene rings is 1. The topological polar surface area (TPSA) is 108 Å². The van der Waals surface area contributed by atoms with Crippen LogP contribution in [0.2, 0.25) is 0 Å². The maximum absolute atomic E-state index is 12.7. The van der Waals surface area contributed by atoms with Gasteiger partial charge in [0.15, 0.2) is 18.1 Å². The smallest absolute Gasteiger partial charge is 0.338 e. The van der Waals surface area contributed by atoms with Gasteiger partial charge in [0.1, 0.15) is 13.2 Å². The molecule has 0 spiro atoms. The third kappa shape index (κ3) is 5.12. The molecule has 0 unspecified atom stereocenters. The molecule has 0 amide bonds. The first-order valence-electron chi connectivity index (χ1n) is 9.30. The lowest BCUT2D eigenvalue weighted by Gasteiger charge is -2.19. The summed E-state index contributed by atoms with van der Waals surface area (Å²) in [6.07, 6.45) is 0. The van der Waals surface area contributed by atoms with Crippen molar-refractivity contribution in [3.8, 4) is 11.5 Å². The van der Waals surface area contributed by atoms with E-state index in [4.69, 9.17) is 14.2 Å². The molecule has 1 aromatic heterocycles. The molecule has 11 heteroatoms. The van der Waals surface area contributed by atoms with Crippen molar-refractivity contribution in [2.45, 2.75) is 4.90 Å². The van der Waals surface area contributed by atoms with E-state index in [1.54, 1.807) is 18.2 Å². The van der Waals surface area contributed by atoms with Crippen LogP contribution in [0.15, 0.2) is 63.3 Å². The number of halogens is 1. The van der Waals surface area contributed by atoms with Crippen molar-refractivity contribution in [1.82, 2.24) is 0 Å². The number of nitrogens with one attached hydrogen (secondary N) is 1. The maximum atomic E-state index is 12.7. The Morgan fingerprint density at radius 2 is 1.72 bits per heavy atom. The fraction of sp³-hybridized carbons (Fsp3) is 0.143. The van der Waals surface area contributed by atoms with Gasteiger partial charge in [0, 0.05) is 11.8 Å². The highest BCUT2D eigenvalue weighted by Gasteiger charge is 2.20. The zero-order valence-electron chi connectivity index (χ0n) is 16.4. The van der Waals surface area contributed by atoms with Crippen LogP contribution in [0.5, 0.6) is 11.5 Å². The van der Waals surface area contributed by atoms with Crippen molar-refractivity contribution < 1.29 is 32.2 Å². The summed E-state index contributed by atoms with van der Waals surface area (Å²) in [5.74, 6) is -0.141. The monoisotopic (exact) mass is 537 g/mol. The number of hydrogen-bond acceptors (Lipinski definition) is 8. The Morgan fingerprint density at radius 3 is 2.41 bits per heavy atom. The Hall–Kier alpha value is -2.89. The summed E-state index contributed by atoms with van der Waals surface area (Å²) in [4.78, 5) is 24.7. The van der Waals surface area contributed by atoms with Crippen LogP contribution in [0, 0.1) is 0 Å². The lowest BCUT2D eigenvalue weighted by Crippen LogP contribution is -2.17. The van der Waals surface area contributed by atoms with Crippen LogP contribution in [0.4, 0.5) is 5.69 Å². The van der Waals surface area contributed by atoms with Gasteiger partial charge >= 0.3 is 5.97 Å². The van der Waals surface area contributed by atoms with Gasteiger partial charge in [-0.15, -0.1) is 11.3 Å². The molecule has 0 bridgehead atoms. The Labute approximate surface area is 196 Å². The van der Waals surface area contributed by atoms with Crippen LogP contribution in [-0.4, -0.2) is 40.0 Å². The van der Waals surface area contributed by atoms with Crippen LogP contribution in [0.25, 0.3) is 0 Å². The molecular formula is C21H16BrNO7S2. The fourth-order valence-electron chi connectivity index (χ4n) is 2.83. The Kier molecular flexibility index (Phi) is 6.49. The summed E-state index contributed by atoms with van der Waals surface area (Å²) in [7, 11) is -3.88. The highest BCUT2D eigenvalue weighted by atomic mass is 79.9. The maximum Gasteiger partial charge on any atom is 0.338 e. The van der Waals surface area contributed by atoms with E-state index >= 15 is 0 Å². The molecule has 2 aromatic carbocycles. The van der Waals surface area contributed by atoms with Crippen LogP contribution < -0.4 is 14.2 Å². The molecule has 0 aliphatic carbocycles. The minimum absolute atomic E-state index is 0.0176. The van der Waals surface area contributed by atoms with Gasteiger partial charge in [-0.3, -0.25) is 9.52 Å². The highest BCUT2D eigenvalue weighted by Crippen LogP contribution is 2.32. The molecule has 3 aromatic rings. The van der Waals surface area contributed by atoms with E-state index in [1.807, 2.05) is 0 Å². The summed E-state index contributed by atoms with van der Waals surface area (Å²) in [5.41, 5.74) is 0.448. The number of rotatable bonds is 7. The van der Waals surface area contributed by atoms with Gasteiger partial charge in [-0.05, 0) is 64.5 Å². The summed E-state index contributed by atoms with van der Waals surface area (Å²) in [6.45, 7) is 0.369. The zero-order chi connectivity index (χ0) is 22.7. The van der Waals surface area contributed by atoms with E-state index in [2.05, 4.69) is 20.7 Å². The summed E-state index contributed by atoms with van der Waals surface area (Å²) < 4.78 is 44.5. The molecule has 4 rings (SSSR count). The number of carbonyl (C=O) groups is 2. The number of benzene rings is 2. The number of esters is 1. The number of fused-ring (bicyclic) bond motifs is 1. The van der Waals surface area contributed by atoms with Crippen molar-refractivity contribution in [3.05, 3.63) is 68.8 Å². The third-order valence-electron chi connectivity index (χ3n) is 4.38. The largest absolute Gasteiger partial charge is 0.486 e. The van der Waals surface area contributed by atoms with Gasteiger partial charge in [-0.1, -0.05) is 0 Å². The van der Waals surface area contributed by atoms with Crippen LogP contribution in [0.1, 0.15) is 20.0 Å². The molecule has 1 aliphatic heterocycles. The number of carbonyl (C=O) groups excluding carboxylic acids is 2. The van der Waals surface area contributed by atoms with E-state index in [0.717, 1.165) is 3.79 Å². The highest BCUT2D eigenvalue weighted by molar-refractivity contribution is 9.11. The molecule has 0 fully saturated rings. The Morgan fingerprint density at radius 1 is 1.00 bits per heavy atom. The average Bonchev–Trinajstić information content (AvgIpc) is 3.23. The van der Waals surface area contributed by atoms with E-state index in [0.29, 0.717) is 29.6 Å². The van der Waals surface area contributed by atoms with E-state index in [9.17, 15) is 18.0 Å². The predicted molar refractivity (Wildman–Crippen MR) is 121 cm³/mol. The van der Waals surface area contributed by atoms with Gasteiger partial charge in [0.05, 0.1) is 19.1 Å². The number of anilines is 1. The quantitative estimate of drug-likeness (QED) is 0.356. The van der Waals surface area contributed by atoms with E-state index in [1.165, 1.54) is 47.7 Å². The van der Waals surface area contributed by atoms with Crippen molar-refractivity contribution in [1.29, 1.82) is 0 Å². The van der Waals surface area contributed by atoms with E-state index < -0.39 is 16.0 Å². The van der Waals surface area contributed by atoms with Gasteiger partial charge in [-0.2, -0.15) is 0 Å². The van der Waals surface area contributed by atoms with E-state index in [-0.39, 0.29) is 28.5 Å². The molecule has 166 valence electrons. The van der Waals surface area contributed by atoms with Crippen LogP contribution >= 0.6 is 27.3 Å². The second kappa shape index (κ2) is 9.31. The minimum Gasteiger partial charge on any atom is -0.486 e. The molecule has 2 heterocycles. The number of sulfonamides is 1. The van der Waals surface area contributed by atoms with Gasteiger partial charge in [0.2, 0.25) is 5.78 Å². The molecule has 0 saturated heterocycles. The van der Waals surface area contributed by atoms with Crippen LogP contribution in [0.3, 0.4) is 0 Å². The van der Waals surface area contributed by atoms with Crippen molar-refractivity contribution >= 4 is 54.7 Å². The standard InChI is InChI=1S/C21H16BrNO7S2/c22-20-8-7-19(31-20)16(24)12-30-21(25)13-1-3-14(4-2-13)23-32(26,27)15-5-6-17-18(11-15)29-10-9-28-17/h1-8,11,23H,9-10,12H2. The Bertz CT molecular complexity index is 1270. The predicted octanol–water partition coefficient (Wildman–Crippen LogP) is 4.12. The van der Waals surface area contributed by atoms with Crippen molar-refractivity contribution in [3.63, 3.8) is 0 Å². The lowest BCUT2D eigenvalue weighted by atomic mass is 10.2. The number of ketones is 1. The molecule has 8 nitrogen and oxygen atoms in total. The molecular weight excluding hydrogens is 522 g/mol. The first-order valence-corrected chi connectivity index (χ1v) is 12.4. The lowest BCUT2D eigenvalue weighted by molar-refractivity contribution is 0.0476. The molecule has 0 saturated carbocycles. The second-order valence-electron chi connectivity index (χ2n) is 6.59. The zero-order valence-corrected chi connectivity index (χ0v) is 19.6.